The van der Waals surface area contributed by atoms with Gasteiger partial charge in [0.2, 0.25) is 6.79 Å². The molecule has 0 spiro atoms. The Kier molecular flexibility index (Phi) is 4.79. The third kappa shape index (κ3) is 4.41. The zero-order valence-electron chi connectivity index (χ0n) is 14.7. The van der Waals surface area contributed by atoms with Gasteiger partial charge in [0.15, 0.2) is 11.5 Å². The molecule has 1 aliphatic heterocycles. The van der Waals surface area contributed by atoms with E-state index in [1.165, 1.54) is 11.6 Å². The topological polar surface area (TPSA) is 44.8 Å². The fourth-order valence-electron chi connectivity index (χ4n) is 2.48. The molecule has 1 aliphatic rings. The molecule has 2 aromatic carbocycles. The summed E-state index contributed by atoms with van der Waals surface area (Å²) in [6, 6.07) is 13.7. The number of rotatable bonds is 4. The Balaban J connectivity index is 1.54. The predicted octanol–water partition coefficient (Wildman–Crippen LogP) is 4.47. The van der Waals surface area contributed by atoms with Gasteiger partial charge < -0.3 is 14.2 Å². The fraction of sp³-hybridized carbons (Fsp3) is 0.286. The molecule has 0 radical (unpaired) electrons. The lowest BCUT2D eigenvalue weighted by atomic mass is 9.87. The molecule has 3 rings (SSSR count). The van der Waals surface area contributed by atoms with Gasteiger partial charge in [-0.15, -0.1) is 0 Å². The van der Waals surface area contributed by atoms with Crippen molar-refractivity contribution in [2.75, 3.05) is 6.79 Å². The maximum Gasteiger partial charge on any atom is 0.331 e. The van der Waals surface area contributed by atoms with Gasteiger partial charge in [-0.3, -0.25) is 0 Å². The standard InChI is InChI=1S/C21H22O4/c1-21(2,3)17-8-4-16(5-9-17)13-23-20(22)11-7-15-6-10-18-19(12-15)25-14-24-18/h4-12H,13-14H2,1-3H3. The number of carbonyl (C=O) groups is 1. The second kappa shape index (κ2) is 7.01. The fourth-order valence-corrected chi connectivity index (χ4v) is 2.48. The van der Waals surface area contributed by atoms with Crippen LogP contribution in [-0.2, 0) is 21.6 Å². The number of hydrogen-bond acceptors (Lipinski definition) is 4. The second-order valence-electron chi connectivity index (χ2n) is 7.00. The smallest absolute Gasteiger partial charge is 0.331 e. The highest BCUT2D eigenvalue weighted by atomic mass is 16.7. The first-order valence-electron chi connectivity index (χ1n) is 8.26. The van der Waals surface area contributed by atoms with Crippen LogP contribution in [0, 0.1) is 0 Å². The summed E-state index contributed by atoms with van der Waals surface area (Å²) in [4.78, 5) is 11.9. The monoisotopic (exact) mass is 338 g/mol. The van der Waals surface area contributed by atoms with Crippen molar-refractivity contribution in [1.29, 1.82) is 0 Å². The molecule has 0 saturated heterocycles. The van der Waals surface area contributed by atoms with Gasteiger partial charge in [0.1, 0.15) is 6.61 Å². The SMILES string of the molecule is CC(C)(C)c1ccc(COC(=O)C=Cc2ccc3c(c2)OCO3)cc1. The van der Waals surface area contributed by atoms with E-state index >= 15 is 0 Å². The van der Waals surface area contributed by atoms with Gasteiger partial charge in [-0.25, -0.2) is 4.79 Å². The number of ether oxygens (including phenoxy) is 3. The molecule has 0 amide bonds. The molecule has 0 atom stereocenters. The van der Waals surface area contributed by atoms with Gasteiger partial charge >= 0.3 is 5.97 Å². The molecule has 0 bridgehead atoms. The largest absolute Gasteiger partial charge is 0.458 e. The molecule has 4 nitrogen and oxygen atoms in total. The summed E-state index contributed by atoms with van der Waals surface area (Å²) < 4.78 is 15.9. The molecular weight excluding hydrogens is 316 g/mol. The third-order valence-electron chi connectivity index (χ3n) is 4.01. The summed E-state index contributed by atoms with van der Waals surface area (Å²) in [5.41, 5.74) is 3.20. The van der Waals surface area contributed by atoms with E-state index < -0.39 is 0 Å². The second-order valence-corrected chi connectivity index (χ2v) is 7.00. The lowest BCUT2D eigenvalue weighted by Gasteiger charge is -2.19. The molecule has 0 unspecified atom stereocenters. The van der Waals surface area contributed by atoms with Crippen LogP contribution < -0.4 is 9.47 Å². The van der Waals surface area contributed by atoms with Gasteiger partial charge in [0, 0.05) is 6.08 Å². The summed E-state index contributed by atoms with van der Waals surface area (Å²) in [5, 5.41) is 0. The van der Waals surface area contributed by atoms with Gasteiger partial charge in [0.05, 0.1) is 0 Å². The Bertz CT molecular complexity index is 783. The van der Waals surface area contributed by atoms with Crippen molar-refractivity contribution in [1.82, 2.24) is 0 Å². The predicted molar refractivity (Wildman–Crippen MR) is 96.5 cm³/mol. The van der Waals surface area contributed by atoms with Gasteiger partial charge in [0.25, 0.3) is 0 Å². The van der Waals surface area contributed by atoms with Crippen molar-refractivity contribution in [3.63, 3.8) is 0 Å². The highest BCUT2D eigenvalue weighted by molar-refractivity contribution is 5.87. The highest BCUT2D eigenvalue weighted by Crippen LogP contribution is 2.32. The van der Waals surface area contributed by atoms with E-state index in [1.807, 2.05) is 30.3 Å². The summed E-state index contributed by atoms with van der Waals surface area (Å²) in [6.45, 7) is 7.00. The van der Waals surface area contributed by atoms with Gasteiger partial charge in [-0.1, -0.05) is 51.1 Å². The molecule has 0 N–H and O–H groups in total. The summed E-state index contributed by atoms with van der Waals surface area (Å²) in [7, 11) is 0. The Morgan fingerprint density at radius 3 is 2.52 bits per heavy atom. The Hall–Kier alpha value is -2.75. The minimum Gasteiger partial charge on any atom is -0.458 e. The third-order valence-corrected chi connectivity index (χ3v) is 4.01. The van der Waals surface area contributed by atoms with Crippen LogP contribution in [0.25, 0.3) is 6.08 Å². The molecule has 0 saturated carbocycles. The highest BCUT2D eigenvalue weighted by Gasteiger charge is 2.13. The Labute approximate surface area is 148 Å². The quantitative estimate of drug-likeness (QED) is 0.609. The lowest BCUT2D eigenvalue weighted by molar-refractivity contribution is -0.138. The first kappa shape index (κ1) is 17.1. The van der Waals surface area contributed by atoms with Crippen LogP contribution in [0.4, 0.5) is 0 Å². The maximum absolute atomic E-state index is 11.9. The van der Waals surface area contributed by atoms with Crippen LogP contribution in [0.15, 0.2) is 48.5 Å². The van der Waals surface area contributed by atoms with Crippen molar-refractivity contribution in [2.45, 2.75) is 32.8 Å². The average molecular weight is 338 g/mol. The minimum atomic E-state index is -0.377. The lowest BCUT2D eigenvalue weighted by Crippen LogP contribution is -2.10. The van der Waals surface area contributed by atoms with Crippen molar-refractivity contribution in [3.05, 3.63) is 65.2 Å². The molecule has 4 heteroatoms. The van der Waals surface area contributed by atoms with Crippen LogP contribution in [0.2, 0.25) is 0 Å². The van der Waals surface area contributed by atoms with E-state index in [9.17, 15) is 4.79 Å². The average Bonchev–Trinajstić information content (AvgIpc) is 3.05. The summed E-state index contributed by atoms with van der Waals surface area (Å²) in [5.74, 6) is 1.03. The number of hydrogen-bond donors (Lipinski definition) is 0. The Morgan fingerprint density at radius 1 is 1.08 bits per heavy atom. The minimum absolute atomic E-state index is 0.114. The zero-order valence-corrected chi connectivity index (χ0v) is 14.7. The van der Waals surface area contributed by atoms with Crippen molar-refractivity contribution in [2.24, 2.45) is 0 Å². The van der Waals surface area contributed by atoms with Gasteiger partial charge in [-0.05, 0) is 40.3 Å². The number of carbonyl (C=O) groups excluding carboxylic acids is 1. The first-order chi connectivity index (χ1) is 11.9. The van der Waals surface area contributed by atoms with Crippen molar-refractivity contribution in [3.8, 4) is 11.5 Å². The maximum atomic E-state index is 11.9. The van der Waals surface area contributed by atoms with Crippen LogP contribution in [0.1, 0.15) is 37.5 Å². The normalized spacial score (nSPS) is 13.2. The van der Waals surface area contributed by atoms with Crippen LogP contribution >= 0.6 is 0 Å². The molecule has 0 aromatic heterocycles. The number of esters is 1. The van der Waals surface area contributed by atoms with E-state index in [1.54, 1.807) is 6.08 Å². The molecule has 0 fully saturated rings. The first-order valence-corrected chi connectivity index (χ1v) is 8.26. The van der Waals surface area contributed by atoms with Gasteiger partial charge in [-0.2, -0.15) is 0 Å². The number of fused-ring (bicyclic) bond motifs is 1. The van der Waals surface area contributed by atoms with E-state index in [-0.39, 0.29) is 24.8 Å². The summed E-state index contributed by atoms with van der Waals surface area (Å²) in [6.07, 6.45) is 3.12. The molecule has 0 aliphatic carbocycles. The molecule has 130 valence electrons. The molecular formula is C21H22O4. The van der Waals surface area contributed by atoms with Crippen molar-refractivity contribution < 1.29 is 19.0 Å². The number of benzene rings is 2. The van der Waals surface area contributed by atoms with E-state index in [4.69, 9.17) is 14.2 Å². The van der Waals surface area contributed by atoms with E-state index in [0.29, 0.717) is 5.75 Å². The molecule has 2 aromatic rings. The molecule has 1 heterocycles. The Morgan fingerprint density at radius 2 is 1.80 bits per heavy atom. The van der Waals surface area contributed by atoms with Crippen LogP contribution in [0.5, 0.6) is 11.5 Å². The molecule has 25 heavy (non-hydrogen) atoms. The van der Waals surface area contributed by atoms with Crippen molar-refractivity contribution >= 4 is 12.0 Å². The summed E-state index contributed by atoms with van der Waals surface area (Å²) >= 11 is 0. The van der Waals surface area contributed by atoms with E-state index in [2.05, 4.69) is 32.9 Å². The van der Waals surface area contributed by atoms with E-state index in [0.717, 1.165) is 16.9 Å². The van der Waals surface area contributed by atoms with Crippen LogP contribution in [0.3, 0.4) is 0 Å². The van der Waals surface area contributed by atoms with Crippen LogP contribution in [-0.4, -0.2) is 12.8 Å². The zero-order chi connectivity index (χ0) is 17.9.